The Bertz CT molecular complexity index is 163. The topological polar surface area (TPSA) is 53.6 Å². The molecule has 0 radical (unpaired) electrons. The van der Waals surface area contributed by atoms with Gasteiger partial charge >= 0.3 is 0 Å². The Morgan fingerprint density at radius 3 is 2.23 bits per heavy atom. The van der Waals surface area contributed by atoms with Crippen molar-refractivity contribution < 1.29 is 0 Å². The summed E-state index contributed by atoms with van der Waals surface area (Å²) in [5.74, 6) is 6.69. The summed E-state index contributed by atoms with van der Waals surface area (Å²) < 4.78 is 0. The predicted molar refractivity (Wildman–Crippen MR) is 57.4 cm³/mol. The van der Waals surface area contributed by atoms with E-state index < -0.39 is 0 Å². The van der Waals surface area contributed by atoms with Crippen LogP contribution < -0.4 is 11.3 Å². The average Bonchev–Trinajstić information content (AvgIpc) is 2.04. The third-order valence-electron chi connectivity index (χ3n) is 1.84. The van der Waals surface area contributed by atoms with Crippen molar-refractivity contribution in [2.24, 2.45) is 16.8 Å². The van der Waals surface area contributed by atoms with Gasteiger partial charge in [-0.1, -0.05) is 13.8 Å². The number of hydrogen-bond acceptors (Lipinski definition) is 2. The molecule has 3 N–H and O–H groups in total. The van der Waals surface area contributed by atoms with E-state index in [1.165, 1.54) is 0 Å². The van der Waals surface area contributed by atoms with Gasteiger partial charge < -0.3 is 4.90 Å². The molecule has 0 aromatic rings. The van der Waals surface area contributed by atoms with Gasteiger partial charge in [-0.25, -0.2) is 5.84 Å². The van der Waals surface area contributed by atoms with Gasteiger partial charge in [-0.2, -0.15) is 0 Å². The molecule has 0 aromatic heterocycles. The molecule has 0 saturated carbocycles. The Labute approximate surface area is 81.2 Å². The molecule has 0 atom stereocenters. The highest BCUT2D eigenvalue weighted by Gasteiger charge is 2.07. The van der Waals surface area contributed by atoms with Gasteiger partial charge in [-0.15, -0.1) is 0 Å². The van der Waals surface area contributed by atoms with Crippen LogP contribution >= 0.6 is 0 Å². The highest BCUT2D eigenvalue weighted by Crippen LogP contribution is 1.97. The maximum Gasteiger partial charge on any atom is 0.208 e. The second-order valence-electron chi connectivity index (χ2n) is 3.91. The average molecular weight is 186 g/mol. The van der Waals surface area contributed by atoms with Crippen molar-refractivity contribution in [3.05, 3.63) is 0 Å². The van der Waals surface area contributed by atoms with Crippen LogP contribution in [-0.4, -0.2) is 30.5 Å². The number of nitrogens with zero attached hydrogens (tertiary/aromatic N) is 2. The maximum absolute atomic E-state index is 5.38. The number of aliphatic imine (C=N–C) groups is 1. The Morgan fingerprint density at radius 2 is 1.92 bits per heavy atom. The second kappa shape index (κ2) is 5.80. The summed E-state index contributed by atoms with van der Waals surface area (Å²) in [5.41, 5.74) is 2.61. The van der Waals surface area contributed by atoms with Crippen molar-refractivity contribution >= 4 is 5.96 Å². The van der Waals surface area contributed by atoms with Crippen molar-refractivity contribution in [1.29, 1.82) is 0 Å². The van der Waals surface area contributed by atoms with E-state index in [0.29, 0.717) is 12.0 Å². The van der Waals surface area contributed by atoms with Crippen molar-refractivity contribution in [3.63, 3.8) is 0 Å². The van der Waals surface area contributed by atoms with Gasteiger partial charge in [0.05, 0.1) is 0 Å². The monoisotopic (exact) mass is 186 g/mol. The van der Waals surface area contributed by atoms with E-state index in [1.807, 2.05) is 11.9 Å². The summed E-state index contributed by atoms with van der Waals surface area (Å²) in [6.07, 6.45) is 0. The van der Waals surface area contributed by atoms with Gasteiger partial charge in [-0.3, -0.25) is 10.4 Å². The zero-order valence-electron chi connectivity index (χ0n) is 9.33. The largest absolute Gasteiger partial charge is 0.343 e. The lowest BCUT2D eigenvalue weighted by atomic mass is 10.2. The molecule has 0 spiro atoms. The molecule has 0 aromatic carbocycles. The van der Waals surface area contributed by atoms with E-state index in [4.69, 9.17) is 5.84 Å². The van der Waals surface area contributed by atoms with Crippen LogP contribution in [0.2, 0.25) is 0 Å². The predicted octanol–water partition coefficient (Wildman–Crippen LogP) is 0.802. The summed E-state index contributed by atoms with van der Waals surface area (Å²) >= 11 is 0. The van der Waals surface area contributed by atoms with Crippen LogP contribution in [0.4, 0.5) is 0 Å². The summed E-state index contributed by atoms with van der Waals surface area (Å²) in [5, 5.41) is 0. The molecule has 0 saturated heterocycles. The van der Waals surface area contributed by atoms with E-state index in [2.05, 4.69) is 38.1 Å². The normalized spacial score (nSPS) is 12.5. The molecule has 0 heterocycles. The number of rotatable bonds is 3. The van der Waals surface area contributed by atoms with E-state index in [0.717, 1.165) is 12.5 Å². The number of hydrazine groups is 1. The van der Waals surface area contributed by atoms with Crippen molar-refractivity contribution in [1.82, 2.24) is 10.3 Å². The van der Waals surface area contributed by atoms with Crippen LogP contribution in [0.25, 0.3) is 0 Å². The van der Waals surface area contributed by atoms with Gasteiger partial charge in [0.25, 0.3) is 0 Å². The van der Waals surface area contributed by atoms with Crippen molar-refractivity contribution in [3.8, 4) is 0 Å². The molecule has 13 heavy (non-hydrogen) atoms. The van der Waals surface area contributed by atoms with Crippen molar-refractivity contribution in [2.45, 2.75) is 33.7 Å². The molecule has 0 bridgehead atoms. The number of hydrogen-bond donors (Lipinski definition) is 2. The quantitative estimate of drug-likeness (QED) is 0.297. The van der Waals surface area contributed by atoms with E-state index in [-0.39, 0.29) is 0 Å². The minimum absolute atomic E-state index is 0.405. The standard InChI is InChI=1S/C9H22N4/c1-7(2)6-11-9(12-10)13(5)8(3)4/h7-8H,6,10H2,1-5H3,(H,11,12). The van der Waals surface area contributed by atoms with Gasteiger partial charge in [-0.05, 0) is 19.8 Å². The Morgan fingerprint density at radius 1 is 1.38 bits per heavy atom. The molecule has 4 nitrogen and oxygen atoms in total. The number of nitrogens with one attached hydrogen (secondary N) is 1. The molecule has 0 fully saturated rings. The Hall–Kier alpha value is -0.770. The zero-order valence-corrected chi connectivity index (χ0v) is 9.33. The second-order valence-corrected chi connectivity index (χ2v) is 3.91. The molecule has 0 aliphatic rings. The first-order valence-electron chi connectivity index (χ1n) is 4.73. The Kier molecular flexibility index (Phi) is 5.46. The summed E-state index contributed by atoms with van der Waals surface area (Å²) in [7, 11) is 1.98. The van der Waals surface area contributed by atoms with E-state index in [9.17, 15) is 0 Å². The first-order valence-corrected chi connectivity index (χ1v) is 4.73. The zero-order chi connectivity index (χ0) is 10.4. The van der Waals surface area contributed by atoms with Crippen LogP contribution in [0.15, 0.2) is 4.99 Å². The molecule has 0 aliphatic heterocycles. The molecule has 4 heteroatoms. The third-order valence-corrected chi connectivity index (χ3v) is 1.84. The van der Waals surface area contributed by atoms with Crippen LogP contribution in [0, 0.1) is 5.92 Å². The highest BCUT2D eigenvalue weighted by molar-refractivity contribution is 5.79. The lowest BCUT2D eigenvalue weighted by Gasteiger charge is -2.24. The lowest BCUT2D eigenvalue weighted by Crippen LogP contribution is -2.46. The van der Waals surface area contributed by atoms with E-state index >= 15 is 0 Å². The first-order chi connectivity index (χ1) is 5.99. The number of nitrogens with two attached hydrogens (primary N) is 1. The minimum Gasteiger partial charge on any atom is -0.343 e. The molecule has 78 valence electrons. The molecular weight excluding hydrogens is 164 g/mol. The molecule has 0 unspecified atom stereocenters. The van der Waals surface area contributed by atoms with Crippen LogP contribution in [-0.2, 0) is 0 Å². The molecule has 0 rings (SSSR count). The third kappa shape index (κ3) is 4.72. The van der Waals surface area contributed by atoms with Crippen LogP contribution in [0.3, 0.4) is 0 Å². The fourth-order valence-corrected chi connectivity index (χ4v) is 0.773. The highest BCUT2D eigenvalue weighted by atomic mass is 15.4. The fraction of sp³-hybridized carbons (Fsp3) is 0.889. The minimum atomic E-state index is 0.405. The van der Waals surface area contributed by atoms with Gasteiger partial charge in [0, 0.05) is 19.6 Å². The summed E-state index contributed by atoms with van der Waals surface area (Å²) in [6.45, 7) is 9.26. The van der Waals surface area contributed by atoms with Gasteiger partial charge in [0.2, 0.25) is 5.96 Å². The lowest BCUT2D eigenvalue weighted by molar-refractivity contribution is 0.400. The SMILES string of the molecule is CC(C)CN=C(NN)N(C)C(C)C. The molecule has 0 aliphatic carbocycles. The number of guanidine groups is 1. The Balaban J connectivity index is 4.23. The van der Waals surface area contributed by atoms with Gasteiger partial charge in [0.15, 0.2) is 0 Å². The smallest absolute Gasteiger partial charge is 0.208 e. The fourth-order valence-electron chi connectivity index (χ4n) is 0.773. The maximum atomic E-state index is 5.38. The first kappa shape index (κ1) is 12.2. The van der Waals surface area contributed by atoms with Gasteiger partial charge in [0.1, 0.15) is 0 Å². The van der Waals surface area contributed by atoms with Crippen LogP contribution in [0.1, 0.15) is 27.7 Å². The molecular formula is C9H22N4. The van der Waals surface area contributed by atoms with Crippen molar-refractivity contribution in [2.75, 3.05) is 13.6 Å². The van der Waals surface area contributed by atoms with Crippen LogP contribution in [0.5, 0.6) is 0 Å². The molecule has 0 amide bonds. The van der Waals surface area contributed by atoms with E-state index in [1.54, 1.807) is 0 Å². The summed E-state index contributed by atoms with van der Waals surface area (Å²) in [4.78, 5) is 6.39. The summed E-state index contributed by atoms with van der Waals surface area (Å²) in [6, 6.07) is 0.405.